The molecule has 1 aromatic rings. The standard InChI is InChI=1S/C8H13ClN2S2/c1-3-4-7-10-8(13-11-7)12-6(2)5-9/h6H,3-5H2,1-2H3. The molecule has 0 bridgehead atoms. The summed E-state index contributed by atoms with van der Waals surface area (Å²) in [5, 5.41) is 0.420. The second-order valence-electron chi connectivity index (χ2n) is 2.81. The number of thioether (sulfide) groups is 1. The van der Waals surface area contributed by atoms with Crippen molar-refractivity contribution in [2.45, 2.75) is 36.3 Å². The fourth-order valence-electron chi connectivity index (χ4n) is 0.815. The summed E-state index contributed by atoms with van der Waals surface area (Å²) in [7, 11) is 0. The van der Waals surface area contributed by atoms with E-state index in [-0.39, 0.29) is 0 Å². The average molecular weight is 237 g/mol. The van der Waals surface area contributed by atoms with Gasteiger partial charge in [0.15, 0.2) is 4.34 Å². The molecule has 0 N–H and O–H groups in total. The molecule has 0 aliphatic carbocycles. The van der Waals surface area contributed by atoms with Crippen LogP contribution < -0.4 is 0 Å². The molecule has 1 rings (SSSR count). The summed E-state index contributed by atoms with van der Waals surface area (Å²) in [4.78, 5) is 4.40. The fraction of sp³-hybridized carbons (Fsp3) is 0.750. The number of rotatable bonds is 5. The van der Waals surface area contributed by atoms with Crippen LogP contribution in [0.2, 0.25) is 0 Å². The maximum atomic E-state index is 5.71. The molecule has 13 heavy (non-hydrogen) atoms. The zero-order chi connectivity index (χ0) is 9.68. The van der Waals surface area contributed by atoms with Crippen molar-refractivity contribution in [3.63, 3.8) is 0 Å². The van der Waals surface area contributed by atoms with Gasteiger partial charge in [-0.1, -0.05) is 25.6 Å². The SMILES string of the molecule is CCCc1nsc(SC(C)CCl)n1. The molecule has 1 heterocycles. The van der Waals surface area contributed by atoms with E-state index < -0.39 is 0 Å². The molecular formula is C8H13ClN2S2. The van der Waals surface area contributed by atoms with Crippen LogP contribution in [0.25, 0.3) is 0 Å². The molecule has 1 aromatic heterocycles. The van der Waals surface area contributed by atoms with Gasteiger partial charge in [0.1, 0.15) is 5.82 Å². The highest BCUT2D eigenvalue weighted by Crippen LogP contribution is 2.25. The number of alkyl halides is 1. The predicted molar refractivity (Wildman–Crippen MR) is 59.9 cm³/mol. The Morgan fingerprint density at radius 2 is 2.38 bits per heavy atom. The minimum absolute atomic E-state index is 0.420. The number of aromatic nitrogens is 2. The van der Waals surface area contributed by atoms with Gasteiger partial charge in [-0.05, 0) is 18.0 Å². The average Bonchev–Trinajstić information content (AvgIpc) is 2.53. The van der Waals surface area contributed by atoms with E-state index in [0.29, 0.717) is 11.1 Å². The third-order valence-electron chi connectivity index (χ3n) is 1.44. The van der Waals surface area contributed by atoms with E-state index in [2.05, 4.69) is 23.2 Å². The van der Waals surface area contributed by atoms with Crippen molar-refractivity contribution < 1.29 is 0 Å². The third-order valence-corrected chi connectivity index (χ3v) is 4.01. The van der Waals surface area contributed by atoms with Gasteiger partial charge in [0, 0.05) is 17.6 Å². The molecule has 0 radical (unpaired) electrons. The zero-order valence-electron chi connectivity index (χ0n) is 7.79. The van der Waals surface area contributed by atoms with Crippen LogP contribution in [0.15, 0.2) is 4.34 Å². The Morgan fingerprint density at radius 1 is 1.62 bits per heavy atom. The largest absolute Gasteiger partial charge is 0.213 e. The van der Waals surface area contributed by atoms with Crippen LogP contribution in [0.3, 0.4) is 0 Å². The van der Waals surface area contributed by atoms with Crippen molar-refractivity contribution in [3.8, 4) is 0 Å². The number of aryl methyl sites for hydroxylation is 1. The molecule has 2 nitrogen and oxygen atoms in total. The van der Waals surface area contributed by atoms with Crippen LogP contribution in [0.1, 0.15) is 26.1 Å². The summed E-state index contributed by atoms with van der Waals surface area (Å²) in [6.45, 7) is 4.23. The van der Waals surface area contributed by atoms with E-state index >= 15 is 0 Å². The lowest BCUT2D eigenvalue weighted by Gasteiger charge is -2.01. The van der Waals surface area contributed by atoms with E-state index in [0.717, 1.165) is 23.0 Å². The van der Waals surface area contributed by atoms with E-state index in [1.165, 1.54) is 11.5 Å². The van der Waals surface area contributed by atoms with Crippen LogP contribution in [-0.2, 0) is 6.42 Å². The third kappa shape index (κ3) is 3.83. The topological polar surface area (TPSA) is 25.8 Å². The van der Waals surface area contributed by atoms with Gasteiger partial charge in [-0.25, -0.2) is 4.98 Å². The van der Waals surface area contributed by atoms with Crippen molar-refractivity contribution in [1.29, 1.82) is 0 Å². The van der Waals surface area contributed by atoms with Crippen LogP contribution in [0, 0.1) is 0 Å². The number of hydrogen-bond donors (Lipinski definition) is 0. The summed E-state index contributed by atoms with van der Waals surface area (Å²) in [5.74, 6) is 1.63. The molecule has 0 saturated heterocycles. The molecule has 74 valence electrons. The lowest BCUT2D eigenvalue weighted by atomic mass is 10.3. The quantitative estimate of drug-likeness (QED) is 0.580. The molecule has 0 aliphatic rings. The molecule has 0 aromatic carbocycles. The minimum atomic E-state index is 0.420. The molecule has 1 unspecified atom stereocenters. The summed E-state index contributed by atoms with van der Waals surface area (Å²) >= 11 is 8.89. The van der Waals surface area contributed by atoms with Crippen molar-refractivity contribution in [2.75, 3.05) is 5.88 Å². The number of hydrogen-bond acceptors (Lipinski definition) is 4. The Morgan fingerprint density at radius 3 is 3.00 bits per heavy atom. The van der Waals surface area contributed by atoms with Crippen molar-refractivity contribution in [2.24, 2.45) is 0 Å². The van der Waals surface area contributed by atoms with E-state index in [4.69, 9.17) is 11.6 Å². The summed E-state index contributed by atoms with van der Waals surface area (Å²) < 4.78 is 5.30. The van der Waals surface area contributed by atoms with Gasteiger partial charge in [-0.2, -0.15) is 4.37 Å². The van der Waals surface area contributed by atoms with Gasteiger partial charge in [-0.3, -0.25) is 0 Å². The van der Waals surface area contributed by atoms with Gasteiger partial charge in [-0.15, -0.1) is 11.6 Å². The zero-order valence-corrected chi connectivity index (χ0v) is 10.2. The molecule has 0 spiro atoms. The van der Waals surface area contributed by atoms with Gasteiger partial charge in [0.25, 0.3) is 0 Å². The van der Waals surface area contributed by atoms with Crippen molar-refractivity contribution >= 4 is 34.9 Å². The first-order chi connectivity index (χ1) is 6.26. The van der Waals surface area contributed by atoms with Gasteiger partial charge < -0.3 is 0 Å². The Balaban J connectivity index is 2.48. The Labute approximate surface area is 92.3 Å². The summed E-state index contributed by atoms with van der Waals surface area (Å²) in [5.41, 5.74) is 0. The highest BCUT2D eigenvalue weighted by Gasteiger charge is 2.07. The maximum Gasteiger partial charge on any atom is 0.170 e. The Bertz CT molecular complexity index is 252. The van der Waals surface area contributed by atoms with Crippen molar-refractivity contribution in [1.82, 2.24) is 9.36 Å². The summed E-state index contributed by atoms with van der Waals surface area (Å²) in [6.07, 6.45) is 2.08. The molecule has 0 saturated carbocycles. The highest BCUT2D eigenvalue weighted by atomic mass is 35.5. The number of nitrogens with zero attached hydrogens (tertiary/aromatic N) is 2. The molecule has 0 aliphatic heterocycles. The van der Waals surface area contributed by atoms with Gasteiger partial charge in [0.2, 0.25) is 0 Å². The fourth-order valence-corrected chi connectivity index (χ4v) is 2.81. The highest BCUT2D eigenvalue weighted by molar-refractivity contribution is 8.01. The van der Waals surface area contributed by atoms with Crippen LogP contribution in [0.4, 0.5) is 0 Å². The molecule has 0 fully saturated rings. The van der Waals surface area contributed by atoms with E-state index in [1.807, 2.05) is 0 Å². The lowest BCUT2D eigenvalue weighted by molar-refractivity contribution is 0.850. The predicted octanol–water partition coefficient (Wildman–Crippen LogP) is 3.21. The number of halogens is 1. The van der Waals surface area contributed by atoms with Gasteiger partial charge >= 0.3 is 0 Å². The molecule has 0 amide bonds. The van der Waals surface area contributed by atoms with E-state index in [9.17, 15) is 0 Å². The summed E-state index contributed by atoms with van der Waals surface area (Å²) in [6, 6.07) is 0. The smallest absolute Gasteiger partial charge is 0.170 e. The second-order valence-corrected chi connectivity index (χ2v) is 5.56. The second kappa shape index (κ2) is 5.83. The monoisotopic (exact) mass is 236 g/mol. The maximum absolute atomic E-state index is 5.71. The van der Waals surface area contributed by atoms with Gasteiger partial charge in [0.05, 0.1) is 0 Å². The molecule has 5 heteroatoms. The van der Waals surface area contributed by atoms with Crippen molar-refractivity contribution in [3.05, 3.63) is 5.82 Å². The normalized spacial score (nSPS) is 13.2. The van der Waals surface area contributed by atoms with E-state index in [1.54, 1.807) is 11.8 Å². The lowest BCUT2D eigenvalue weighted by Crippen LogP contribution is -1.96. The van der Waals surface area contributed by atoms with Crippen LogP contribution >= 0.6 is 34.9 Å². The molecule has 1 atom stereocenters. The first-order valence-electron chi connectivity index (χ1n) is 4.31. The first-order valence-corrected chi connectivity index (χ1v) is 6.50. The Kier molecular flexibility index (Phi) is 5.06. The molecular weight excluding hydrogens is 224 g/mol. The van der Waals surface area contributed by atoms with Crippen LogP contribution in [-0.4, -0.2) is 20.5 Å². The van der Waals surface area contributed by atoms with Crippen LogP contribution in [0.5, 0.6) is 0 Å². The minimum Gasteiger partial charge on any atom is -0.213 e. The Hall–Kier alpha value is 0.200. The first kappa shape index (κ1) is 11.3.